The molecular weight excluding hydrogens is 341 g/mol. The molecule has 2 aromatic carbocycles. The molecular formula is C20H23ClFNO2. The highest BCUT2D eigenvalue weighted by Gasteiger charge is 2.19. The number of halogens is 2. The summed E-state index contributed by atoms with van der Waals surface area (Å²) in [6, 6.07) is 11.8. The van der Waals surface area contributed by atoms with Crippen molar-refractivity contribution in [1.29, 1.82) is 0 Å². The van der Waals surface area contributed by atoms with Crippen LogP contribution in [0.15, 0.2) is 42.5 Å². The third-order valence-electron chi connectivity index (χ3n) is 4.07. The Labute approximate surface area is 152 Å². The van der Waals surface area contributed by atoms with Gasteiger partial charge in [-0.05, 0) is 43.0 Å². The molecule has 0 spiro atoms. The summed E-state index contributed by atoms with van der Waals surface area (Å²) in [6.45, 7) is 3.95. The molecule has 0 aliphatic rings. The Hall–Kier alpha value is -1.91. The van der Waals surface area contributed by atoms with Crippen LogP contribution in [-0.2, 0) is 16.0 Å². The molecule has 5 heteroatoms. The van der Waals surface area contributed by atoms with Gasteiger partial charge in [0.25, 0.3) is 0 Å². The Kier molecular flexibility index (Phi) is 6.97. The Morgan fingerprint density at radius 1 is 1.28 bits per heavy atom. The van der Waals surface area contributed by atoms with Crippen molar-refractivity contribution in [3.63, 3.8) is 0 Å². The first kappa shape index (κ1) is 19.4. The fourth-order valence-corrected chi connectivity index (χ4v) is 3.03. The molecule has 2 aromatic rings. The van der Waals surface area contributed by atoms with Gasteiger partial charge < -0.3 is 10.5 Å². The molecule has 3 nitrogen and oxygen atoms in total. The lowest BCUT2D eigenvalue weighted by Crippen LogP contribution is -2.29. The van der Waals surface area contributed by atoms with Gasteiger partial charge in [0.1, 0.15) is 5.82 Å². The molecule has 2 unspecified atom stereocenters. The molecule has 0 fully saturated rings. The minimum absolute atomic E-state index is 0.212. The maximum atomic E-state index is 13.9. The average Bonchev–Trinajstić information content (AvgIpc) is 2.57. The van der Waals surface area contributed by atoms with Crippen LogP contribution in [0.2, 0.25) is 5.02 Å². The number of nitrogens with two attached hydrogens (primary N) is 1. The number of ether oxygens (including phenoxy) is 1. The molecule has 134 valence electrons. The summed E-state index contributed by atoms with van der Waals surface area (Å²) in [5.41, 5.74) is 8.27. The fraction of sp³-hybridized carbons (Fsp3) is 0.350. The van der Waals surface area contributed by atoms with Crippen LogP contribution in [0.1, 0.15) is 25.8 Å². The van der Waals surface area contributed by atoms with Crippen molar-refractivity contribution in [1.82, 2.24) is 0 Å². The number of benzene rings is 2. The summed E-state index contributed by atoms with van der Waals surface area (Å²) in [4.78, 5) is 11.7. The molecule has 0 saturated carbocycles. The number of hydrogen-bond acceptors (Lipinski definition) is 3. The number of carbonyl (C=O) groups is 1. The van der Waals surface area contributed by atoms with E-state index in [4.69, 9.17) is 22.1 Å². The van der Waals surface area contributed by atoms with Crippen molar-refractivity contribution in [2.75, 3.05) is 6.61 Å². The molecule has 0 amide bonds. The number of carbonyl (C=O) groups excluding carboxylic acids is 1. The lowest BCUT2D eigenvalue weighted by molar-refractivity contribution is -0.147. The van der Waals surface area contributed by atoms with E-state index in [9.17, 15) is 9.18 Å². The van der Waals surface area contributed by atoms with Crippen molar-refractivity contribution < 1.29 is 13.9 Å². The predicted octanol–water partition coefficient (Wildman–Crippen LogP) is 4.61. The highest BCUT2D eigenvalue weighted by molar-refractivity contribution is 6.31. The summed E-state index contributed by atoms with van der Waals surface area (Å²) in [5, 5.41) is 0.542. The Balaban J connectivity index is 2.06. The van der Waals surface area contributed by atoms with Crippen LogP contribution >= 0.6 is 11.6 Å². The molecule has 0 heterocycles. The summed E-state index contributed by atoms with van der Waals surface area (Å²) in [7, 11) is 0. The average molecular weight is 364 g/mol. The number of rotatable bonds is 7. The van der Waals surface area contributed by atoms with Crippen LogP contribution < -0.4 is 5.73 Å². The van der Waals surface area contributed by atoms with E-state index in [1.165, 1.54) is 6.07 Å². The van der Waals surface area contributed by atoms with E-state index in [2.05, 4.69) is 0 Å². The topological polar surface area (TPSA) is 52.3 Å². The Morgan fingerprint density at radius 2 is 2.00 bits per heavy atom. The molecule has 0 aliphatic carbocycles. The van der Waals surface area contributed by atoms with Crippen LogP contribution in [0.3, 0.4) is 0 Å². The van der Waals surface area contributed by atoms with Gasteiger partial charge in [-0.2, -0.15) is 0 Å². The van der Waals surface area contributed by atoms with Crippen LogP contribution in [0, 0.1) is 11.7 Å². The van der Waals surface area contributed by atoms with Gasteiger partial charge >= 0.3 is 5.97 Å². The number of hydrogen-bond donors (Lipinski definition) is 1. The Morgan fingerprint density at radius 3 is 2.64 bits per heavy atom. The zero-order valence-corrected chi connectivity index (χ0v) is 15.2. The first-order valence-electron chi connectivity index (χ1n) is 8.38. The first-order chi connectivity index (χ1) is 11.9. The van der Waals surface area contributed by atoms with Crippen molar-refractivity contribution in [3.05, 3.63) is 58.9 Å². The highest BCUT2D eigenvalue weighted by atomic mass is 35.5. The Bertz CT molecular complexity index is 735. The second-order valence-electron chi connectivity index (χ2n) is 6.14. The largest absolute Gasteiger partial charge is 0.466 e. The summed E-state index contributed by atoms with van der Waals surface area (Å²) in [6.07, 6.45) is 1.06. The maximum Gasteiger partial charge on any atom is 0.308 e. The van der Waals surface area contributed by atoms with E-state index in [0.717, 1.165) is 11.1 Å². The molecule has 0 radical (unpaired) electrons. The maximum absolute atomic E-state index is 13.9. The molecule has 2 atom stereocenters. The summed E-state index contributed by atoms with van der Waals surface area (Å²) in [5.74, 6) is -0.781. The van der Waals surface area contributed by atoms with Crippen molar-refractivity contribution in [3.8, 4) is 11.1 Å². The third-order valence-corrected chi connectivity index (χ3v) is 4.42. The van der Waals surface area contributed by atoms with E-state index in [1.807, 2.05) is 12.1 Å². The molecule has 25 heavy (non-hydrogen) atoms. The van der Waals surface area contributed by atoms with Gasteiger partial charge in [0.15, 0.2) is 0 Å². The summed E-state index contributed by atoms with van der Waals surface area (Å²) < 4.78 is 18.9. The summed E-state index contributed by atoms with van der Waals surface area (Å²) >= 11 is 6.35. The van der Waals surface area contributed by atoms with Crippen LogP contribution in [0.4, 0.5) is 4.39 Å². The zero-order chi connectivity index (χ0) is 18.4. The van der Waals surface area contributed by atoms with Gasteiger partial charge in [-0.3, -0.25) is 4.79 Å². The standard InChI is InChI=1S/C20H23ClFNO2/c1-3-25-20(24)13(2)10-16(23)11-15-9-8-14(12-18(15)21)17-6-4-5-7-19(17)22/h4-9,12-13,16H,3,10-11,23H2,1-2H3. The van der Waals surface area contributed by atoms with Gasteiger partial charge in [0.2, 0.25) is 0 Å². The fourth-order valence-electron chi connectivity index (χ4n) is 2.78. The zero-order valence-electron chi connectivity index (χ0n) is 14.5. The van der Waals surface area contributed by atoms with Gasteiger partial charge in [-0.25, -0.2) is 4.39 Å². The smallest absolute Gasteiger partial charge is 0.308 e. The molecule has 0 aliphatic heterocycles. The van der Waals surface area contributed by atoms with Gasteiger partial charge in [0.05, 0.1) is 12.5 Å². The molecule has 0 bridgehead atoms. The third kappa shape index (κ3) is 5.28. The van der Waals surface area contributed by atoms with Crippen LogP contribution in [0.25, 0.3) is 11.1 Å². The van der Waals surface area contributed by atoms with E-state index in [0.29, 0.717) is 30.0 Å². The van der Waals surface area contributed by atoms with E-state index in [1.54, 1.807) is 38.1 Å². The van der Waals surface area contributed by atoms with Crippen molar-refractivity contribution in [2.45, 2.75) is 32.7 Å². The number of esters is 1. The second-order valence-corrected chi connectivity index (χ2v) is 6.55. The minimum Gasteiger partial charge on any atom is -0.466 e. The van der Waals surface area contributed by atoms with Crippen LogP contribution in [0.5, 0.6) is 0 Å². The van der Waals surface area contributed by atoms with E-state index in [-0.39, 0.29) is 23.7 Å². The van der Waals surface area contributed by atoms with Gasteiger partial charge in [-0.1, -0.05) is 48.9 Å². The van der Waals surface area contributed by atoms with E-state index < -0.39 is 0 Å². The van der Waals surface area contributed by atoms with Crippen molar-refractivity contribution in [2.24, 2.45) is 11.7 Å². The second kappa shape index (κ2) is 8.97. The lowest BCUT2D eigenvalue weighted by atomic mass is 9.95. The van der Waals surface area contributed by atoms with Crippen molar-refractivity contribution >= 4 is 17.6 Å². The normalized spacial score (nSPS) is 13.3. The molecule has 0 saturated heterocycles. The van der Waals surface area contributed by atoms with Gasteiger partial charge in [0, 0.05) is 16.6 Å². The van der Waals surface area contributed by atoms with Crippen LogP contribution in [-0.4, -0.2) is 18.6 Å². The predicted molar refractivity (Wildman–Crippen MR) is 98.9 cm³/mol. The molecule has 0 aromatic heterocycles. The lowest BCUT2D eigenvalue weighted by Gasteiger charge is -2.17. The minimum atomic E-state index is -0.286. The molecule has 2 rings (SSSR count). The molecule has 2 N–H and O–H groups in total. The monoisotopic (exact) mass is 363 g/mol. The highest BCUT2D eigenvalue weighted by Crippen LogP contribution is 2.28. The quantitative estimate of drug-likeness (QED) is 0.731. The SMILES string of the molecule is CCOC(=O)C(C)CC(N)Cc1ccc(-c2ccccc2F)cc1Cl. The first-order valence-corrected chi connectivity index (χ1v) is 8.75. The van der Waals surface area contributed by atoms with Gasteiger partial charge in [-0.15, -0.1) is 0 Å². The van der Waals surface area contributed by atoms with E-state index >= 15 is 0 Å².